The third-order valence-corrected chi connectivity index (χ3v) is 5.27. The number of rotatable bonds is 7. The lowest BCUT2D eigenvalue weighted by atomic mass is 10.0. The van der Waals surface area contributed by atoms with Crippen molar-refractivity contribution in [3.05, 3.63) is 71.3 Å². The molecule has 30 heavy (non-hydrogen) atoms. The van der Waals surface area contributed by atoms with Gasteiger partial charge in [-0.3, -0.25) is 9.89 Å². The van der Waals surface area contributed by atoms with E-state index in [0.29, 0.717) is 17.6 Å². The van der Waals surface area contributed by atoms with E-state index in [9.17, 15) is 13.9 Å². The minimum absolute atomic E-state index is 0.199. The number of aliphatic hydroxyl groups is 1. The first-order valence-corrected chi connectivity index (χ1v) is 10.5. The molecular weight excluding hydrogens is 386 g/mol. The highest BCUT2D eigenvalue weighted by molar-refractivity contribution is 5.80. The van der Waals surface area contributed by atoms with E-state index in [1.807, 2.05) is 19.1 Å². The van der Waals surface area contributed by atoms with Crippen molar-refractivity contribution >= 4 is 5.96 Å². The van der Waals surface area contributed by atoms with Crippen LogP contribution in [-0.2, 0) is 6.54 Å². The van der Waals surface area contributed by atoms with E-state index in [-0.39, 0.29) is 18.2 Å². The fourth-order valence-corrected chi connectivity index (χ4v) is 3.56. The van der Waals surface area contributed by atoms with Crippen molar-refractivity contribution < 1.29 is 13.9 Å². The first-order chi connectivity index (χ1) is 14.5. The highest BCUT2D eigenvalue weighted by Crippen LogP contribution is 2.15. The molecule has 0 saturated carbocycles. The van der Waals surface area contributed by atoms with Crippen LogP contribution in [0.15, 0.2) is 53.5 Å². The number of guanidine groups is 1. The van der Waals surface area contributed by atoms with Gasteiger partial charge in [0.25, 0.3) is 0 Å². The Hall–Kier alpha value is -2.51. The number of nitrogens with zero attached hydrogens (tertiary/aromatic N) is 2. The Balaban J connectivity index is 1.48. The number of nitrogens with one attached hydrogen (secondary N) is 2. The summed E-state index contributed by atoms with van der Waals surface area (Å²) in [4.78, 5) is 6.87. The normalized spacial score (nSPS) is 17.0. The van der Waals surface area contributed by atoms with Crippen LogP contribution in [0.2, 0.25) is 0 Å². The van der Waals surface area contributed by atoms with Gasteiger partial charge >= 0.3 is 0 Å². The largest absolute Gasteiger partial charge is 0.386 e. The smallest absolute Gasteiger partial charge is 0.191 e. The second-order valence-electron chi connectivity index (χ2n) is 7.61. The summed E-state index contributed by atoms with van der Waals surface area (Å²) in [5.41, 5.74) is 1.76. The molecule has 0 aromatic heterocycles. The van der Waals surface area contributed by atoms with Crippen LogP contribution in [0, 0.1) is 11.6 Å². The Bertz CT molecular complexity index is 803. The zero-order chi connectivity index (χ0) is 21.3. The van der Waals surface area contributed by atoms with Crippen molar-refractivity contribution in [2.45, 2.75) is 38.5 Å². The zero-order valence-corrected chi connectivity index (χ0v) is 17.3. The summed E-state index contributed by atoms with van der Waals surface area (Å²) in [6.07, 6.45) is 1.18. The Morgan fingerprint density at radius 1 is 1.07 bits per heavy atom. The first kappa shape index (κ1) is 22.2. The monoisotopic (exact) mass is 416 g/mol. The van der Waals surface area contributed by atoms with E-state index < -0.39 is 6.10 Å². The number of benzene rings is 2. The van der Waals surface area contributed by atoms with Crippen molar-refractivity contribution in [1.29, 1.82) is 0 Å². The quantitative estimate of drug-likeness (QED) is 0.479. The molecule has 162 valence electrons. The van der Waals surface area contributed by atoms with E-state index in [0.717, 1.165) is 44.6 Å². The van der Waals surface area contributed by atoms with Crippen molar-refractivity contribution in [1.82, 2.24) is 15.5 Å². The van der Waals surface area contributed by atoms with Gasteiger partial charge < -0.3 is 15.7 Å². The van der Waals surface area contributed by atoms with Crippen molar-refractivity contribution in [3.8, 4) is 0 Å². The zero-order valence-electron chi connectivity index (χ0n) is 17.3. The molecule has 1 atom stereocenters. The SMILES string of the molecule is CCNC(=NCC(O)c1ccc(F)cc1)NC1CCN(Cc2ccc(F)cc2)CC1. The number of hydrogen-bond donors (Lipinski definition) is 3. The lowest BCUT2D eigenvalue weighted by molar-refractivity contribution is 0.186. The standard InChI is InChI=1S/C23H30F2N4O/c1-2-26-23(27-15-22(30)18-5-9-20(25)10-6-18)28-21-11-13-29(14-12-21)16-17-3-7-19(24)8-4-17/h3-10,21-22,30H,2,11-16H2,1H3,(H2,26,27,28). The molecule has 1 heterocycles. The van der Waals surface area contributed by atoms with Gasteiger partial charge in [0.1, 0.15) is 11.6 Å². The molecule has 1 aliphatic heterocycles. The van der Waals surface area contributed by atoms with Crippen molar-refractivity contribution in [3.63, 3.8) is 0 Å². The van der Waals surface area contributed by atoms with Gasteiger partial charge in [0, 0.05) is 32.2 Å². The molecule has 2 aromatic rings. The second-order valence-corrected chi connectivity index (χ2v) is 7.61. The second kappa shape index (κ2) is 11.0. The lowest BCUT2D eigenvalue weighted by Crippen LogP contribution is -2.48. The molecule has 0 radical (unpaired) electrons. The molecule has 1 aliphatic rings. The minimum atomic E-state index is -0.779. The van der Waals surface area contributed by atoms with Crippen LogP contribution in [0.1, 0.15) is 37.0 Å². The fraction of sp³-hybridized carbons (Fsp3) is 0.435. The highest BCUT2D eigenvalue weighted by Gasteiger charge is 2.20. The summed E-state index contributed by atoms with van der Waals surface area (Å²) in [6.45, 7) is 5.65. The van der Waals surface area contributed by atoms with Crippen LogP contribution in [0.5, 0.6) is 0 Å². The Morgan fingerprint density at radius 2 is 1.67 bits per heavy atom. The molecule has 0 bridgehead atoms. The van der Waals surface area contributed by atoms with E-state index in [4.69, 9.17) is 0 Å². The molecule has 1 fully saturated rings. The van der Waals surface area contributed by atoms with Gasteiger partial charge in [-0.2, -0.15) is 0 Å². The molecule has 2 aromatic carbocycles. The van der Waals surface area contributed by atoms with Crippen LogP contribution in [0.4, 0.5) is 8.78 Å². The molecule has 0 aliphatic carbocycles. The van der Waals surface area contributed by atoms with Crippen molar-refractivity contribution in [2.24, 2.45) is 4.99 Å². The van der Waals surface area contributed by atoms with Crippen LogP contribution >= 0.6 is 0 Å². The van der Waals surface area contributed by atoms with Crippen LogP contribution in [0.3, 0.4) is 0 Å². The summed E-state index contributed by atoms with van der Waals surface area (Å²) < 4.78 is 26.1. The van der Waals surface area contributed by atoms with Crippen LogP contribution < -0.4 is 10.6 Å². The summed E-state index contributed by atoms with van der Waals surface area (Å²) in [5.74, 6) is 0.146. The number of hydrogen-bond acceptors (Lipinski definition) is 3. The Kier molecular flexibility index (Phi) is 8.16. The van der Waals surface area contributed by atoms with E-state index in [2.05, 4.69) is 20.5 Å². The topological polar surface area (TPSA) is 59.9 Å². The molecule has 5 nitrogen and oxygen atoms in total. The van der Waals surface area contributed by atoms with E-state index >= 15 is 0 Å². The van der Waals surface area contributed by atoms with E-state index in [1.165, 1.54) is 24.3 Å². The third-order valence-electron chi connectivity index (χ3n) is 5.27. The molecule has 1 saturated heterocycles. The molecule has 0 amide bonds. The number of likely N-dealkylation sites (tertiary alicyclic amines) is 1. The van der Waals surface area contributed by atoms with Gasteiger partial charge in [0.15, 0.2) is 5.96 Å². The first-order valence-electron chi connectivity index (χ1n) is 10.5. The van der Waals surface area contributed by atoms with Crippen molar-refractivity contribution in [2.75, 3.05) is 26.2 Å². The van der Waals surface area contributed by atoms with Crippen LogP contribution in [0.25, 0.3) is 0 Å². The Labute approximate surface area is 176 Å². The highest BCUT2D eigenvalue weighted by atomic mass is 19.1. The molecule has 3 rings (SSSR count). The average molecular weight is 417 g/mol. The van der Waals surface area contributed by atoms with Gasteiger partial charge in [-0.1, -0.05) is 24.3 Å². The number of halogens is 2. The van der Waals surface area contributed by atoms with Gasteiger partial charge in [-0.05, 0) is 55.2 Å². The molecular formula is C23H30F2N4O. The maximum Gasteiger partial charge on any atom is 0.191 e. The predicted octanol–water partition coefficient (Wildman–Crippen LogP) is 3.22. The van der Waals surface area contributed by atoms with Crippen LogP contribution in [-0.4, -0.2) is 48.2 Å². The predicted molar refractivity (Wildman–Crippen MR) is 115 cm³/mol. The summed E-state index contributed by atoms with van der Waals surface area (Å²) in [6, 6.07) is 12.8. The van der Waals surface area contributed by atoms with Gasteiger partial charge in [-0.25, -0.2) is 8.78 Å². The summed E-state index contributed by atoms with van der Waals surface area (Å²) in [7, 11) is 0. The Morgan fingerprint density at radius 3 is 2.27 bits per heavy atom. The molecule has 1 unspecified atom stereocenters. The summed E-state index contributed by atoms with van der Waals surface area (Å²) >= 11 is 0. The maximum atomic E-state index is 13.1. The number of aliphatic imine (C=N–C) groups is 1. The summed E-state index contributed by atoms with van der Waals surface area (Å²) in [5, 5.41) is 17.0. The number of aliphatic hydroxyl groups excluding tert-OH is 1. The average Bonchev–Trinajstić information content (AvgIpc) is 2.75. The fourth-order valence-electron chi connectivity index (χ4n) is 3.56. The third kappa shape index (κ3) is 6.78. The van der Waals surface area contributed by atoms with Gasteiger partial charge in [0.05, 0.1) is 12.6 Å². The molecule has 7 heteroatoms. The lowest BCUT2D eigenvalue weighted by Gasteiger charge is -2.33. The minimum Gasteiger partial charge on any atom is -0.386 e. The van der Waals surface area contributed by atoms with Gasteiger partial charge in [0.2, 0.25) is 0 Å². The van der Waals surface area contributed by atoms with E-state index in [1.54, 1.807) is 12.1 Å². The molecule has 0 spiro atoms. The maximum absolute atomic E-state index is 13.1. The number of piperidine rings is 1. The molecule has 3 N–H and O–H groups in total. The van der Waals surface area contributed by atoms with Gasteiger partial charge in [-0.15, -0.1) is 0 Å².